The monoisotopic (exact) mass is 252 g/mol. The van der Waals surface area contributed by atoms with Crippen molar-refractivity contribution in [2.45, 2.75) is 25.2 Å². The number of hydrogen-bond acceptors (Lipinski definition) is 4. The summed E-state index contributed by atoms with van der Waals surface area (Å²) in [5.74, 6) is 0.801. The van der Waals surface area contributed by atoms with Gasteiger partial charge in [0, 0.05) is 6.42 Å². The van der Waals surface area contributed by atoms with Gasteiger partial charge in [-0.15, -0.1) is 6.58 Å². The maximum atomic E-state index is 9.33. The highest BCUT2D eigenvalue weighted by atomic mass is 16.5. The summed E-state index contributed by atoms with van der Waals surface area (Å²) < 4.78 is 10.7. The van der Waals surface area contributed by atoms with E-state index < -0.39 is 6.10 Å². The topological polar surface area (TPSA) is 58.9 Å². The molecule has 100 valence electrons. The Morgan fingerprint density at radius 2 is 2.00 bits per heavy atom. The summed E-state index contributed by atoms with van der Waals surface area (Å²) in [5.41, 5.74) is 1.01. The highest BCUT2D eigenvalue weighted by Gasteiger charge is 2.11. The predicted molar refractivity (Wildman–Crippen MR) is 69.5 cm³/mol. The number of aliphatic hydroxyl groups excluding tert-OH is 2. The second-order valence-electron chi connectivity index (χ2n) is 4.01. The molecule has 4 heteroatoms. The molecule has 1 aromatic carbocycles. The molecule has 0 aliphatic heterocycles. The second kappa shape index (κ2) is 7.87. The smallest absolute Gasteiger partial charge is 0.118 e. The number of ether oxygens (including phenoxy) is 2. The molecular weight excluding hydrogens is 232 g/mol. The van der Waals surface area contributed by atoms with Crippen LogP contribution in [0.1, 0.15) is 12.0 Å². The number of hydrogen-bond donors (Lipinski definition) is 2. The van der Waals surface area contributed by atoms with E-state index in [0.29, 0.717) is 13.0 Å². The van der Waals surface area contributed by atoms with Crippen molar-refractivity contribution in [3.8, 4) is 5.75 Å². The average molecular weight is 252 g/mol. The molecule has 0 radical (unpaired) electrons. The quantitative estimate of drug-likeness (QED) is 0.689. The zero-order valence-corrected chi connectivity index (χ0v) is 10.6. The van der Waals surface area contributed by atoms with Crippen LogP contribution in [0.15, 0.2) is 36.9 Å². The molecule has 1 aromatic rings. The third kappa shape index (κ3) is 4.87. The van der Waals surface area contributed by atoms with Crippen molar-refractivity contribution in [3.63, 3.8) is 0 Å². The van der Waals surface area contributed by atoms with Gasteiger partial charge in [0.25, 0.3) is 0 Å². The van der Waals surface area contributed by atoms with Crippen molar-refractivity contribution in [2.75, 3.05) is 13.7 Å². The molecule has 0 saturated carbocycles. The van der Waals surface area contributed by atoms with Gasteiger partial charge in [-0.2, -0.15) is 0 Å². The van der Waals surface area contributed by atoms with Gasteiger partial charge in [0.1, 0.15) is 5.75 Å². The van der Waals surface area contributed by atoms with Gasteiger partial charge < -0.3 is 19.7 Å². The molecule has 0 aliphatic carbocycles. The summed E-state index contributed by atoms with van der Waals surface area (Å²) in [7, 11) is 1.62. The van der Waals surface area contributed by atoms with Crippen LogP contribution in [0.5, 0.6) is 5.75 Å². The summed E-state index contributed by atoms with van der Waals surface area (Å²) in [6.45, 7) is 3.81. The van der Waals surface area contributed by atoms with Crippen LogP contribution in [0, 0.1) is 0 Å². The van der Waals surface area contributed by atoms with Gasteiger partial charge in [-0.1, -0.05) is 18.2 Å². The summed E-state index contributed by atoms with van der Waals surface area (Å²) >= 11 is 0. The molecule has 0 aliphatic rings. The first-order valence-electron chi connectivity index (χ1n) is 5.85. The Balaban J connectivity index is 2.43. The Morgan fingerprint density at radius 3 is 2.50 bits per heavy atom. The molecule has 1 rings (SSSR count). The highest BCUT2D eigenvalue weighted by Crippen LogP contribution is 2.14. The minimum atomic E-state index is -0.774. The molecule has 4 nitrogen and oxygen atoms in total. The van der Waals surface area contributed by atoms with Gasteiger partial charge in [0.05, 0.1) is 32.5 Å². The van der Waals surface area contributed by atoms with Crippen LogP contribution in [-0.2, 0) is 11.3 Å². The molecule has 2 N–H and O–H groups in total. The number of aliphatic hydroxyl groups is 2. The van der Waals surface area contributed by atoms with Gasteiger partial charge in [-0.3, -0.25) is 0 Å². The fourth-order valence-corrected chi connectivity index (χ4v) is 1.50. The summed E-state index contributed by atoms with van der Waals surface area (Å²) in [6, 6.07) is 7.57. The van der Waals surface area contributed by atoms with Crippen molar-refractivity contribution in [1.29, 1.82) is 0 Å². The van der Waals surface area contributed by atoms with Crippen LogP contribution in [0.4, 0.5) is 0 Å². The van der Waals surface area contributed by atoms with E-state index in [0.717, 1.165) is 11.3 Å². The van der Waals surface area contributed by atoms with Crippen LogP contribution < -0.4 is 4.74 Å². The Kier molecular flexibility index (Phi) is 6.43. The number of methoxy groups -OCH3 is 1. The molecule has 0 heterocycles. The normalized spacial score (nSPS) is 13.9. The maximum absolute atomic E-state index is 9.33. The fraction of sp³-hybridized carbons (Fsp3) is 0.429. The van der Waals surface area contributed by atoms with E-state index in [2.05, 4.69) is 6.58 Å². The molecule has 0 saturated heterocycles. The third-order valence-corrected chi connectivity index (χ3v) is 2.60. The Labute approximate surface area is 107 Å². The summed E-state index contributed by atoms with van der Waals surface area (Å²) in [6.07, 6.45) is 0.927. The average Bonchev–Trinajstić information content (AvgIpc) is 2.43. The van der Waals surface area contributed by atoms with Gasteiger partial charge in [-0.25, -0.2) is 0 Å². The van der Waals surface area contributed by atoms with Crippen LogP contribution in [0.2, 0.25) is 0 Å². The Hall–Kier alpha value is -1.36. The van der Waals surface area contributed by atoms with E-state index in [-0.39, 0.29) is 12.7 Å². The Morgan fingerprint density at radius 1 is 1.33 bits per heavy atom. The van der Waals surface area contributed by atoms with Crippen molar-refractivity contribution in [3.05, 3.63) is 42.5 Å². The zero-order valence-electron chi connectivity index (χ0n) is 10.6. The first-order valence-corrected chi connectivity index (χ1v) is 5.85. The first kappa shape index (κ1) is 14.7. The lowest BCUT2D eigenvalue weighted by atomic mass is 10.1. The lowest BCUT2D eigenvalue weighted by Gasteiger charge is -2.16. The van der Waals surface area contributed by atoms with E-state index in [1.807, 2.05) is 24.3 Å². The van der Waals surface area contributed by atoms with Crippen molar-refractivity contribution < 1.29 is 19.7 Å². The second-order valence-corrected chi connectivity index (χ2v) is 4.01. The van der Waals surface area contributed by atoms with Crippen LogP contribution >= 0.6 is 0 Å². The number of benzene rings is 1. The van der Waals surface area contributed by atoms with E-state index in [1.54, 1.807) is 13.2 Å². The Bertz CT molecular complexity index is 347. The predicted octanol–water partition coefficient (Wildman–Crippen LogP) is 1.51. The first-order chi connectivity index (χ1) is 8.69. The molecule has 0 fully saturated rings. The van der Waals surface area contributed by atoms with E-state index in [4.69, 9.17) is 14.6 Å². The van der Waals surface area contributed by atoms with Gasteiger partial charge in [0.15, 0.2) is 0 Å². The van der Waals surface area contributed by atoms with E-state index in [1.165, 1.54) is 0 Å². The highest BCUT2D eigenvalue weighted by molar-refractivity contribution is 5.26. The molecule has 0 spiro atoms. The van der Waals surface area contributed by atoms with Crippen molar-refractivity contribution in [1.82, 2.24) is 0 Å². The molecular formula is C14H20O4. The third-order valence-electron chi connectivity index (χ3n) is 2.60. The molecule has 2 atom stereocenters. The SMILES string of the molecule is C=C[C@H](C[C@H](O)CO)OCc1ccc(OC)cc1. The number of rotatable bonds is 8. The van der Waals surface area contributed by atoms with E-state index in [9.17, 15) is 5.11 Å². The van der Waals surface area contributed by atoms with E-state index >= 15 is 0 Å². The van der Waals surface area contributed by atoms with Crippen LogP contribution in [0.3, 0.4) is 0 Å². The van der Waals surface area contributed by atoms with Crippen LogP contribution in [0.25, 0.3) is 0 Å². The lowest BCUT2D eigenvalue weighted by Crippen LogP contribution is -2.21. The fourth-order valence-electron chi connectivity index (χ4n) is 1.50. The van der Waals surface area contributed by atoms with Crippen molar-refractivity contribution >= 4 is 0 Å². The molecule has 18 heavy (non-hydrogen) atoms. The summed E-state index contributed by atoms with van der Waals surface area (Å²) in [4.78, 5) is 0. The molecule has 0 bridgehead atoms. The molecule has 0 aromatic heterocycles. The maximum Gasteiger partial charge on any atom is 0.118 e. The minimum Gasteiger partial charge on any atom is -0.497 e. The zero-order chi connectivity index (χ0) is 13.4. The molecule has 0 unspecified atom stereocenters. The van der Waals surface area contributed by atoms with Crippen molar-refractivity contribution in [2.24, 2.45) is 0 Å². The minimum absolute atomic E-state index is 0.268. The van der Waals surface area contributed by atoms with Gasteiger partial charge in [-0.05, 0) is 17.7 Å². The van der Waals surface area contributed by atoms with Crippen LogP contribution in [-0.4, -0.2) is 36.1 Å². The van der Waals surface area contributed by atoms with Gasteiger partial charge >= 0.3 is 0 Å². The molecule has 0 amide bonds. The van der Waals surface area contributed by atoms with Gasteiger partial charge in [0.2, 0.25) is 0 Å². The lowest BCUT2D eigenvalue weighted by molar-refractivity contribution is 0.0121. The largest absolute Gasteiger partial charge is 0.497 e. The standard InChI is InChI=1S/C14H20O4/c1-3-13(8-12(16)9-15)18-10-11-4-6-14(17-2)7-5-11/h3-7,12-13,15-16H,1,8-10H2,2H3/t12-,13+/m0/s1. The summed E-state index contributed by atoms with van der Waals surface area (Å²) in [5, 5.41) is 18.1.